The molecular weight excluding hydrogens is 345 g/mol. The zero-order chi connectivity index (χ0) is 13.8. The Labute approximate surface area is 129 Å². The summed E-state index contributed by atoms with van der Waals surface area (Å²) in [6.07, 6.45) is 0.888. The van der Waals surface area contributed by atoms with E-state index in [9.17, 15) is 0 Å². The number of halogens is 1. The first-order valence-electron chi connectivity index (χ1n) is 6.66. The fourth-order valence-corrected chi connectivity index (χ4v) is 2.48. The summed E-state index contributed by atoms with van der Waals surface area (Å²) in [6.45, 7) is 4.43. The van der Waals surface area contributed by atoms with E-state index in [1.165, 1.54) is 20.3 Å². The van der Waals surface area contributed by atoms with E-state index in [4.69, 9.17) is 5.73 Å². The van der Waals surface area contributed by atoms with Crippen LogP contribution < -0.4 is 5.73 Å². The normalized spacial score (nSPS) is 12.7. The van der Waals surface area contributed by atoms with Crippen LogP contribution >= 0.6 is 22.6 Å². The summed E-state index contributed by atoms with van der Waals surface area (Å²) in [6, 6.07) is 17.3. The van der Waals surface area contributed by atoms with Crippen LogP contribution in [0, 0.1) is 3.57 Å². The molecule has 0 radical (unpaired) electrons. The first-order chi connectivity index (χ1) is 9.06. The van der Waals surface area contributed by atoms with Gasteiger partial charge in [0.25, 0.3) is 0 Å². The molecule has 0 bridgehead atoms. The zero-order valence-corrected chi connectivity index (χ0v) is 13.6. The van der Waals surface area contributed by atoms with Gasteiger partial charge in [-0.15, -0.1) is 0 Å². The molecule has 0 aliphatic carbocycles. The molecule has 2 rings (SSSR count). The molecular formula is C17H20IN. The molecule has 0 amide bonds. The molecule has 0 spiro atoms. The van der Waals surface area contributed by atoms with Crippen molar-refractivity contribution in [2.45, 2.75) is 32.2 Å². The quantitative estimate of drug-likeness (QED) is 0.784. The highest BCUT2D eigenvalue weighted by atomic mass is 127. The van der Waals surface area contributed by atoms with Crippen molar-refractivity contribution in [1.29, 1.82) is 0 Å². The second-order valence-corrected chi connectivity index (χ2v) is 6.50. The van der Waals surface area contributed by atoms with E-state index in [-0.39, 0.29) is 6.04 Å². The van der Waals surface area contributed by atoms with E-state index in [1.54, 1.807) is 0 Å². The predicted octanol–water partition coefficient (Wildman–Crippen LogP) is 4.66. The van der Waals surface area contributed by atoms with Gasteiger partial charge >= 0.3 is 0 Å². The summed E-state index contributed by atoms with van der Waals surface area (Å²) < 4.78 is 1.25. The molecule has 100 valence electrons. The van der Waals surface area contributed by atoms with Gasteiger partial charge in [0, 0.05) is 9.61 Å². The van der Waals surface area contributed by atoms with Crippen LogP contribution in [0.25, 0.3) is 0 Å². The van der Waals surface area contributed by atoms with Crippen molar-refractivity contribution in [2.75, 3.05) is 0 Å². The van der Waals surface area contributed by atoms with Crippen molar-refractivity contribution >= 4 is 22.6 Å². The maximum Gasteiger partial charge on any atom is 0.0335 e. The summed E-state index contributed by atoms with van der Waals surface area (Å²) in [5.41, 5.74) is 10.2. The standard InChI is InChI=1S/C17H20IN/c1-12(2)14-5-3-13(4-6-14)11-17(19)15-7-9-16(18)10-8-15/h3-10,12,17H,11,19H2,1-2H3. The summed E-state index contributed by atoms with van der Waals surface area (Å²) in [5.74, 6) is 0.582. The highest BCUT2D eigenvalue weighted by Gasteiger charge is 2.07. The molecule has 1 nitrogen and oxygen atoms in total. The third kappa shape index (κ3) is 4.05. The van der Waals surface area contributed by atoms with Crippen LogP contribution in [0.3, 0.4) is 0 Å². The minimum Gasteiger partial charge on any atom is -0.324 e. The highest BCUT2D eigenvalue weighted by Crippen LogP contribution is 2.20. The fraction of sp³-hybridized carbons (Fsp3) is 0.294. The second-order valence-electron chi connectivity index (χ2n) is 5.26. The Bertz CT molecular complexity index is 514. The van der Waals surface area contributed by atoms with Gasteiger partial charge in [-0.05, 0) is 63.8 Å². The number of hydrogen-bond donors (Lipinski definition) is 1. The van der Waals surface area contributed by atoms with Gasteiger partial charge in [0.2, 0.25) is 0 Å². The van der Waals surface area contributed by atoms with Gasteiger partial charge in [-0.1, -0.05) is 50.2 Å². The Morgan fingerprint density at radius 1 is 0.895 bits per heavy atom. The number of benzene rings is 2. The summed E-state index contributed by atoms with van der Waals surface area (Å²) in [4.78, 5) is 0. The van der Waals surface area contributed by atoms with Crippen LogP contribution in [0.1, 0.15) is 42.5 Å². The molecule has 2 aromatic carbocycles. The molecule has 0 fully saturated rings. The highest BCUT2D eigenvalue weighted by molar-refractivity contribution is 14.1. The van der Waals surface area contributed by atoms with Gasteiger partial charge in [-0.2, -0.15) is 0 Å². The van der Waals surface area contributed by atoms with Crippen molar-refractivity contribution in [2.24, 2.45) is 5.73 Å². The molecule has 1 atom stereocenters. The van der Waals surface area contributed by atoms with Crippen molar-refractivity contribution in [3.05, 3.63) is 68.8 Å². The molecule has 19 heavy (non-hydrogen) atoms. The average molecular weight is 365 g/mol. The Kier molecular flexibility index (Phi) is 4.99. The number of hydrogen-bond acceptors (Lipinski definition) is 1. The predicted molar refractivity (Wildman–Crippen MR) is 90.3 cm³/mol. The van der Waals surface area contributed by atoms with Crippen molar-refractivity contribution in [3.8, 4) is 0 Å². The maximum atomic E-state index is 6.27. The topological polar surface area (TPSA) is 26.0 Å². The van der Waals surface area contributed by atoms with Crippen molar-refractivity contribution in [1.82, 2.24) is 0 Å². The van der Waals surface area contributed by atoms with Gasteiger partial charge in [0.1, 0.15) is 0 Å². The van der Waals surface area contributed by atoms with Gasteiger partial charge in [-0.25, -0.2) is 0 Å². The number of nitrogens with two attached hydrogens (primary N) is 1. The summed E-state index contributed by atoms with van der Waals surface area (Å²) in [5, 5.41) is 0. The Morgan fingerprint density at radius 3 is 1.95 bits per heavy atom. The van der Waals surface area contributed by atoms with Crippen LogP contribution in [0.5, 0.6) is 0 Å². The molecule has 2 N–H and O–H groups in total. The SMILES string of the molecule is CC(C)c1ccc(CC(N)c2ccc(I)cc2)cc1. The van der Waals surface area contributed by atoms with Crippen LogP contribution in [0.2, 0.25) is 0 Å². The van der Waals surface area contributed by atoms with E-state index in [0.29, 0.717) is 5.92 Å². The Balaban J connectivity index is 2.06. The molecule has 0 saturated heterocycles. The molecule has 0 aliphatic heterocycles. The third-order valence-electron chi connectivity index (χ3n) is 3.40. The van der Waals surface area contributed by atoms with E-state index in [0.717, 1.165) is 6.42 Å². The zero-order valence-electron chi connectivity index (χ0n) is 11.4. The van der Waals surface area contributed by atoms with Gasteiger partial charge in [0.05, 0.1) is 0 Å². The maximum absolute atomic E-state index is 6.27. The smallest absolute Gasteiger partial charge is 0.0335 e. The van der Waals surface area contributed by atoms with Gasteiger partial charge in [-0.3, -0.25) is 0 Å². The van der Waals surface area contributed by atoms with E-state index < -0.39 is 0 Å². The number of rotatable bonds is 4. The van der Waals surface area contributed by atoms with Gasteiger partial charge in [0.15, 0.2) is 0 Å². The molecule has 0 aromatic heterocycles. The van der Waals surface area contributed by atoms with Crippen molar-refractivity contribution in [3.63, 3.8) is 0 Å². The lowest BCUT2D eigenvalue weighted by Crippen LogP contribution is -2.13. The molecule has 2 aromatic rings. The lowest BCUT2D eigenvalue weighted by Gasteiger charge is -2.13. The minimum absolute atomic E-state index is 0.0712. The largest absolute Gasteiger partial charge is 0.324 e. The molecule has 2 heteroatoms. The lowest BCUT2D eigenvalue weighted by molar-refractivity contribution is 0.721. The Morgan fingerprint density at radius 2 is 1.42 bits per heavy atom. The van der Waals surface area contributed by atoms with Crippen LogP contribution in [0.15, 0.2) is 48.5 Å². The molecule has 0 heterocycles. The second kappa shape index (κ2) is 6.53. The third-order valence-corrected chi connectivity index (χ3v) is 4.12. The summed E-state index contributed by atoms with van der Waals surface area (Å²) >= 11 is 2.31. The monoisotopic (exact) mass is 365 g/mol. The van der Waals surface area contributed by atoms with Crippen LogP contribution in [-0.2, 0) is 6.42 Å². The van der Waals surface area contributed by atoms with E-state index in [2.05, 4.69) is 85.0 Å². The summed E-state index contributed by atoms with van der Waals surface area (Å²) in [7, 11) is 0. The molecule has 0 saturated carbocycles. The van der Waals surface area contributed by atoms with Crippen LogP contribution in [0.4, 0.5) is 0 Å². The van der Waals surface area contributed by atoms with Gasteiger partial charge < -0.3 is 5.73 Å². The average Bonchev–Trinajstić information content (AvgIpc) is 2.40. The molecule has 1 unspecified atom stereocenters. The van der Waals surface area contributed by atoms with Crippen molar-refractivity contribution < 1.29 is 0 Å². The first-order valence-corrected chi connectivity index (χ1v) is 7.74. The Hall–Kier alpha value is -0.870. The van der Waals surface area contributed by atoms with Crippen LogP contribution in [-0.4, -0.2) is 0 Å². The van der Waals surface area contributed by atoms with E-state index in [1.807, 2.05) is 0 Å². The van der Waals surface area contributed by atoms with E-state index >= 15 is 0 Å². The lowest BCUT2D eigenvalue weighted by atomic mass is 9.97. The minimum atomic E-state index is 0.0712. The fourth-order valence-electron chi connectivity index (χ4n) is 2.12. The molecule has 0 aliphatic rings. The first kappa shape index (κ1) is 14.5.